The first kappa shape index (κ1) is 23.4. The summed E-state index contributed by atoms with van der Waals surface area (Å²) in [5.41, 5.74) is 9.78. The molecule has 1 saturated heterocycles. The second kappa shape index (κ2) is 10.4. The van der Waals surface area contributed by atoms with Crippen LogP contribution in [0.5, 0.6) is 0 Å². The summed E-state index contributed by atoms with van der Waals surface area (Å²) in [5, 5.41) is 12.3. The van der Waals surface area contributed by atoms with E-state index in [9.17, 15) is 9.90 Å². The Balaban J connectivity index is 1.56. The van der Waals surface area contributed by atoms with Gasteiger partial charge in [-0.2, -0.15) is 0 Å². The maximum atomic E-state index is 13.1. The fourth-order valence-electron chi connectivity index (χ4n) is 3.69. The van der Waals surface area contributed by atoms with Crippen molar-refractivity contribution in [3.8, 4) is 11.3 Å². The molecular formula is C24H29N7O3. The molecule has 34 heavy (non-hydrogen) atoms. The normalized spacial score (nSPS) is 14.5. The zero-order valence-corrected chi connectivity index (χ0v) is 19.3. The van der Waals surface area contributed by atoms with E-state index in [-0.39, 0.29) is 24.2 Å². The van der Waals surface area contributed by atoms with Crippen LogP contribution in [0.3, 0.4) is 0 Å². The van der Waals surface area contributed by atoms with Crippen LogP contribution in [0, 0.1) is 0 Å². The second-order valence-electron chi connectivity index (χ2n) is 8.12. The van der Waals surface area contributed by atoms with Crippen molar-refractivity contribution < 1.29 is 14.6 Å². The van der Waals surface area contributed by atoms with E-state index in [1.54, 1.807) is 18.6 Å². The Kier molecular flexibility index (Phi) is 7.19. The molecule has 10 heteroatoms. The largest absolute Gasteiger partial charge is 0.394 e. The predicted octanol–water partition coefficient (Wildman–Crippen LogP) is 2.03. The number of nitrogen functional groups attached to an aromatic ring is 1. The molecule has 0 bridgehead atoms. The number of hydrogen-bond acceptors (Lipinski definition) is 9. The average molecular weight is 464 g/mol. The van der Waals surface area contributed by atoms with Crippen LogP contribution in [0.2, 0.25) is 0 Å². The number of ether oxygens (including phenoxy) is 1. The number of nitrogens with two attached hydrogens (primary N) is 1. The van der Waals surface area contributed by atoms with E-state index in [2.05, 4.69) is 25.2 Å². The summed E-state index contributed by atoms with van der Waals surface area (Å²) < 4.78 is 5.43. The lowest BCUT2D eigenvalue weighted by Crippen LogP contribution is -2.36. The van der Waals surface area contributed by atoms with Gasteiger partial charge in [-0.1, -0.05) is 12.1 Å². The minimum absolute atomic E-state index is 0.00714. The van der Waals surface area contributed by atoms with Crippen molar-refractivity contribution in [2.45, 2.75) is 13.0 Å². The van der Waals surface area contributed by atoms with Crippen molar-refractivity contribution in [2.24, 2.45) is 0 Å². The molecular weight excluding hydrogens is 434 g/mol. The van der Waals surface area contributed by atoms with E-state index in [4.69, 9.17) is 10.5 Å². The number of hydrogen-bond donors (Lipinski definition) is 3. The van der Waals surface area contributed by atoms with Crippen LogP contribution in [0.1, 0.15) is 17.4 Å². The molecule has 1 aliphatic rings. The fourth-order valence-corrected chi connectivity index (χ4v) is 3.69. The highest BCUT2D eigenvalue weighted by molar-refractivity contribution is 6.07. The summed E-state index contributed by atoms with van der Waals surface area (Å²) >= 11 is 0. The molecule has 0 radical (unpaired) electrons. The number of morpholine rings is 1. The molecule has 2 aromatic heterocycles. The number of aliphatic hydroxyl groups excluding tert-OH is 1. The first-order chi connectivity index (χ1) is 16.5. The zero-order valence-electron chi connectivity index (χ0n) is 19.3. The van der Waals surface area contributed by atoms with Gasteiger partial charge in [-0.3, -0.25) is 9.78 Å². The van der Waals surface area contributed by atoms with E-state index in [0.29, 0.717) is 24.6 Å². The number of aliphatic hydroxyl groups is 1. The van der Waals surface area contributed by atoms with E-state index >= 15 is 0 Å². The third-order valence-corrected chi connectivity index (χ3v) is 5.91. The van der Waals surface area contributed by atoms with Gasteiger partial charge in [0.2, 0.25) is 0 Å². The lowest BCUT2D eigenvalue weighted by Gasteiger charge is -2.30. The topological polar surface area (TPSA) is 130 Å². The van der Waals surface area contributed by atoms with Crippen molar-refractivity contribution in [1.29, 1.82) is 0 Å². The number of rotatable bonds is 7. The number of amides is 1. The number of carbonyl (C=O) groups is 1. The number of nitrogens with zero attached hydrogens (tertiary/aromatic N) is 5. The highest BCUT2D eigenvalue weighted by atomic mass is 16.5. The van der Waals surface area contributed by atoms with Crippen LogP contribution in [-0.4, -0.2) is 72.0 Å². The molecule has 3 aromatic rings. The Bertz CT molecular complexity index is 1130. The monoisotopic (exact) mass is 463 g/mol. The lowest BCUT2D eigenvalue weighted by atomic mass is 10.1. The molecule has 0 saturated carbocycles. The molecule has 3 heterocycles. The smallest absolute Gasteiger partial charge is 0.278 e. The first-order valence-corrected chi connectivity index (χ1v) is 11.1. The van der Waals surface area contributed by atoms with Crippen molar-refractivity contribution in [3.63, 3.8) is 0 Å². The molecule has 0 spiro atoms. The molecule has 4 N–H and O–H groups in total. The summed E-state index contributed by atoms with van der Waals surface area (Å²) in [7, 11) is 1.92. The Morgan fingerprint density at radius 3 is 2.68 bits per heavy atom. The highest BCUT2D eigenvalue weighted by Crippen LogP contribution is 2.27. The summed E-state index contributed by atoms with van der Waals surface area (Å²) in [5.74, 6) is -0.409. The minimum Gasteiger partial charge on any atom is -0.394 e. The van der Waals surface area contributed by atoms with Crippen molar-refractivity contribution in [2.75, 3.05) is 60.8 Å². The van der Waals surface area contributed by atoms with Gasteiger partial charge >= 0.3 is 0 Å². The molecule has 1 aliphatic heterocycles. The number of anilines is 4. The second-order valence-corrected chi connectivity index (χ2v) is 8.12. The average Bonchev–Trinajstić information content (AvgIpc) is 2.89. The molecule has 1 aromatic carbocycles. The lowest BCUT2D eigenvalue weighted by molar-refractivity contribution is 0.102. The Hall–Kier alpha value is -3.76. The maximum Gasteiger partial charge on any atom is 0.278 e. The van der Waals surface area contributed by atoms with Crippen LogP contribution >= 0.6 is 0 Å². The van der Waals surface area contributed by atoms with E-state index in [1.807, 2.05) is 49.2 Å². The van der Waals surface area contributed by atoms with Gasteiger partial charge in [-0.25, -0.2) is 9.97 Å². The summed E-state index contributed by atoms with van der Waals surface area (Å²) in [6.07, 6.45) is 4.85. The standard InChI is InChI=1S/C24H29N7O3/c1-16(15-32)30(2)18-5-3-17(4-6-18)19-14-27-23(25)22(28-19)24(33)29-20-13-26-8-7-21(20)31-9-11-34-12-10-31/h3-8,13-14,16,32H,9-12,15H2,1-2H3,(H2,25,27)(H,29,33)/t16-/m1/s1. The van der Waals surface area contributed by atoms with Gasteiger partial charge < -0.3 is 30.7 Å². The van der Waals surface area contributed by atoms with Gasteiger partial charge in [-0.05, 0) is 25.1 Å². The zero-order chi connectivity index (χ0) is 24.1. The quantitative estimate of drug-likeness (QED) is 0.482. The maximum absolute atomic E-state index is 13.1. The molecule has 1 atom stereocenters. The third kappa shape index (κ3) is 5.08. The molecule has 1 amide bonds. The molecule has 10 nitrogen and oxygen atoms in total. The van der Waals surface area contributed by atoms with Crippen LogP contribution in [-0.2, 0) is 4.74 Å². The van der Waals surface area contributed by atoms with E-state index < -0.39 is 5.91 Å². The fraction of sp³-hybridized carbons (Fsp3) is 0.333. The Labute approximate surface area is 198 Å². The number of likely N-dealkylation sites (N-methyl/N-ethyl adjacent to an activating group) is 1. The van der Waals surface area contributed by atoms with Crippen LogP contribution in [0.4, 0.5) is 22.9 Å². The van der Waals surface area contributed by atoms with Gasteiger partial charge in [-0.15, -0.1) is 0 Å². The van der Waals surface area contributed by atoms with Crippen molar-refractivity contribution in [1.82, 2.24) is 15.0 Å². The molecule has 4 rings (SSSR count). The van der Waals surface area contributed by atoms with Gasteiger partial charge in [0.05, 0.1) is 49.3 Å². The third-order valence-electron chi connectivity index (χ3n) is 5.91. The number of benzene rings is 1. The molecule has 0 aliphatic carbocycles. The SMILES string of the molecule is C[C@H](CO)N(C)c1ccc(-c2cnc(N)c(C(=O)Nc3cnccc3N3CCOCC3)n2)cc1. The van der Waals surface area contributed by atoms with Crippen LogP contribution < -0.4 is 20.9 Å². The molecule has 1 fully saturated rings. The summed E-state index contributed by atoms with van der Waals surface area (Å²) in [6.45, 7) is 4.72. The predicted molar refractivity (Wildman–Crippen MR) is 132 cm³/mol. The molecule has 178 valence electrons. The Morgan fingerprint density at radius 2 is 1.97 bits per heavy atom. The van der Waals surface area contributed by atoms with E-state index in [1.165, 1.54) is 0 Å². The number of aromatic nitrogens is 3. The summed E-state index contributed by atoms with van der Waals surface area (Å²) in [6, 6.07) is 9.52. The summed E-state index contributed by atoms with van der Waals surface area (Å²) in [4.78, 5) is 30.1. The van der Waals surface area contributed by atoms with Crippen LogP contribution in [0.15, 0.2) is 48.9 Å². The van der Waals surface area contributed by atoms with Gasteiger partial charge in [0, 0.05) is 43.6 Å². The van der Waals surface area contributed by atoms with E-state index in [0.717, 1.165) is 30.0 Å². The Morgan fingerprint density at radius 1 is 1.24 bits per heavy atom. The molecule has 0 unspecified atom stereocenters. The highest BCUT2D eigenvalue weighted by Gasteiger charge is 2.20. The van der Waals surface area contributed by atoms with Gasteiger partial charge in [0.1, 0.15) is 0 Å². The number of nitrogens with one attached hydrogen (secondary N) is 1. The van der Waals surface area contributed by atoms with Crippen LogP contribution in [0.25, 0.3) is 11.3 Å². The van der Waals surface area contributed by atoms with Crippen molar-refractivity contribution >= 4 is 28.8 Å². The first-order valence-electron chi connectivity index (χ1n) is 11.1. The number of carbonyl (C=O) groups excluding carboxylic acids is 1. The number of pyridine rings is 1. The van der Waals surface area contributed by atoms with Crippen molar-refractivity contribution in [3.05, 3.63) is 54.6 Å². The minimum atomic E-state index is -0.456. The van der Waals surface area contributed by atoms with Gasteiger partial charge in [0.15, 0.2) is 11.5 Å². The van der Waals surface area contributed by atoms with Gasteiger partial charge in [0.25, 0.3) is 5.91 Å².